The predicted molar refractivity (Wildman–Crippen MR) is 77.2 cm³/mol. The summed E-state index contributed by atoms with van der Waals surface area (Å²) in [7, 11) is 1.63. The van der Waals surface area contributed by atoms with Crippen LogP contribution in [0.25, 0.3) is 0 Å². The highest BCUT2D eigenvalue weighted by Gasteiger charge is 2.07. The summed E-state index contributed by atoms with van der Waals surface area (Å²) < 4.78 is 6.03. The molecule has 1 aromatic rings. The van der Waals surface area contributed by atoms with Crippen LogP contribution in [-0.2, 0) is 11.2 Å². The van der Waals surface area contributed by atoms with Gasteiger partial charge >= 0.3 is 0 Å². The lowest BCUT2D eigenvalue weighted by Gasteiger charge is -2.10. The van der Waals surface area contributed by atoms with Gasteiger partial charge < -0.3 is 10.1 Å². The van der Waals surface area contributed by atoms with Gasteiger partial charge in [-0.3, -0.25) is 4.79 Å². The molecule has 0 radical (unpaired) electrons. The summed E-state index contributed by atoms with van der Waals surface area (Å²) in [5.74, 6) is 0.983. The van der Waals surface area contributed by atoms with Crippen LogP contribution < -0.4 is 10.1 Å². The van der Waals surface area contributed by atoms with Crippen LogP contribution in [0.4, 0.5) is 0 Å². The first-order chi connectivity index (χ1) is 8.56. The fourth-order valence-electron chi connectivity index (χ4n) is 1.54. The number of rotatable bonds is 7. The Hall–Kier alpha value is -0.870. The number of halogens is 1. The third-order valence-corrected chi connectivity index (χ3v) is 3.50. The van der Waals surface area contributed by atoms with Gasteiger partial charge in [-0.25, -0.2) is 0 Å². The second-order valence-electron chi connectivity index (χ2n) is 4.37. The van der Waals surface area contributed by atoms with E-state index in [1.807, 2.05) is 18.2 Å². The summed E-state index contributed by atoms with van der Waals surface area (Å²) in [6.45, 7) is 4.61. The van der Waals surface area contributed by atoms with Gasteiger partial charge in [0.1, 0.15) is 5.75 Å². The van der Waals surface area contributed by atoms with Crippen LogP contribution in [0.3, 0.4) is 0 Å². The van der Waals surface area contributed by atoms with E-state index < -0.39 is 0 Å². The number of nitrogens with one attached hydrogen (secondary N) is 1. The van der Waals surface area contributed by atoms with Crippen LogP contribution in [-0.4, -0.2) is 25.5 Å². The van der Waals surface area contributed by atoms with E-state index in [-0.39, 0.29) is 5.78 Å². The molecule has 4 heteroatoms. The van der Waals surface area contributed by atoms with Crippen LogP contribution in [0.1, 0.15) is 25.8 Å². The molecule has 1 N–H and O–H groups in total. The lowest BCUT2D eigenvalue weighted by molar-refractivity contribution is -0.117. The SMILES string of the molecule is CCC(C)NCC(=O)Cc1ccc(OC)c(Br)c1. The number of hydrogen-bond donors (Lipinski definition) is 1. The number of ether oxygens (including phenoxy) is 1. The summed E-state index contributed by atoms with van der Waals surface area (Å²) in [6.07, 6.45) is 1.48. The topological polar surface area (TPSA) is 38.3 Å². The maximum Gasteiger partial charge on any atom is 0.150 e. The van der Waals surface area contributed by atoms with Gasteiger partial charge in [0.25, 0.3) is 0 Å². The van der Waals surface area contributed by atoms with E-state index in [1.54, 1.807) is 7.11 Å². The summed E-state index contributed by atoms with van der Waals surface area (Å²) in [5.41, 5.74) is 0.999. The maximum absolute atomic E-state index is 11.8. The van der Waals surface area contributed by atoms with Crippen LogP contribution >= 0.6 is 15.9 Å². The van der Waals surface area contributed by atoms with Crippen molar-refractivity contribution in [2.24, 2.45) is 0 Å². The van der Waals surface area contributed by atoms with Crippen molar-refractivity contribution in [1.82, 2.24) is 5.32 Å². The molecule has 0 bridgehead atoms. The van der Waals surface area contributed by atoms with Gasteiger partial charge in [-0.2, -0.15) is 0 Å². The quantitative estimate of drug-likeness (QED) is 0.841. The number of methoxy groups -OCH3 is 1. The minimum absolute atomic E-state index is 0.201. The molecular weight excluding hydrogens is 294 g/mol. The molecule has 18 heavy (non-hydrogen) atoms. The zero-order valence-corrected chi connectivity index (χ0v) is 12.7. The average Bonchev–Trinajstić information content (AvgIpc) is 2.36. The lowest BCUT2D eigenvalue weighted by atomic mass is 10.1. The smallest absolute Gasteiger partial charge is 0.150 e. The Kier molecular flexibility index (Phi) is 6.36. The van der Waals surface area contributed by atoms with Crippen molar-refractivity contribution in [1.29, 1.82) is 0 Å². The highest BCUT2D eigenvalue weighted by atomic mass is 79.9. The number of benzene rings is 1. The predicted octanol–water partition coefficient (Wildman–Crippen LogP) is 2.96. The van der Waals surface area contributed by atoms with E-state index in [9.17, 15) is 4.79 Å². The van der Waals surface area contributed by atoms with Gasteiger partial charge in [0.05, 0.1) is 18.1 Å². The molecule has 0 saturated carbocycles. The largest absolute Gasteiger partial charge is 0.496 e. The Bertz CT molecular complexity index is 407. The van der Waals surface area contributed by atoms with Crippen molar-refractivity contribution >= 4 is 21.7 Å². The van der Waals surface area contributed by atoms with Crippen LogP contribution in [0, 0.1) is 0 Å². The molecule has 3 nitrogen and oxygen atoms in total. The van der Waals surface area contributed by atoms with Gasteiger partial charge in [0, 0.05) is 12.5 Å². The van der Waals surface area contributed by atoms with E-state index in [2.05, 4.69) is 35.1 Å². The van der Waals surface area contributed by atoms with E-state index >= 15 is 0 Å². The van der Waals surface area contributed by atoms with Gasteiger partial charge in [-0.1, -0.05) is 13.0 Å². The molecule has 1 atom stereocenters. The van der Waals surface area contributed by atoms with Gasteiger partial charge in [0.15, 0.2) is 5.78 Å². The Balaban J connectivity index is 2.52. The second kappa shape index (κ2) is 7.54. The standard InChI is InChI=1S/C14H20BrNO2/c1-4-10(2)16-9-12(17)7-11-5-6-14(18-3)13(15)8-11/h5-6,8,10,16H,4,7,9H2,1-3H3. The maximum atomic E-state index is 11.8. The number of carbonyl (C=O) groups excluding carboxylic acids is 1. The minimum atomic E-state index is 0.201. The highest BCUT2D eigenvalue weighted by molar-refractivity contribution is 9.10. The number of carbonyl (C=O) groups is 1. The molecule has 0 heterocycles. The molecule has 1 rings (SSSR count). The second-order valence-corrected chi connectivity index (χ2v) is 5.23. The van der Waals surface area contributed by atoms with E-state index in [0.29, 0.717) is 19.0 Å². The van der Waals surface area contributed by atoms with Crippen molar-refractivity contribution in [3.8, 4) is 5.75 Å². The van der Waals surface area contributed by atoms with Gasteiger partial charge in [-0.05, 0) is 47.0 Å². The fourth-order valence-corrected chi connectivity index (χ4v) is 2.13. The Morgan fingerprint density at radius 2 is 2.22 bits per heavy atom. The Labute approximate surface area is 117 Å². The fraction of sp³-hybridized carbons (Fsp3) is 0.500. The van der Waals surface area contributed by atoms with Crippen molar-refractivity contribution < 1.29 is 9.53 Å². The Morgan fingerprint density at radius 3 is 2.78 bits per heavy atom. The van der Waals surface area contributed by atoms with E-state index in [0.717, 1.165) is 22.2 Å². The first kappa shape index (κ1) is 15.2. The molecule has 1 unspecified atom stereocenters. The summed E-state index contributed by atoms with van der Waals surface area (Å²) in [6, 6.07) is 6.11. The third kappa shape index (κ3) is 4.78. The molecule has 1 aromatic carbocycles. The lowest BCUT2D eigenvalue weighted by Crippen LogP contribution is -2.31. The van der Waals surface area contributed by atoms with Crippen LogP contribution in [0.5, 0.6) is 5.75 Å². The summed E-state index contributed by atoms with van der Waals surface area (Å²) in [5, 5.41) is 3.20. The summed E-state index contributed by atoms with van der Waals surface area (Å²) >= 11 is 3.42. The molecule has 0 saturated heterocycles. The monoisotopic (exact) mass is 313 g/mol. The molecule has 0 spiro atoms. The van der Waals surface area contributed by atoms with E-state index in [1.165, 1.54) is 0 Å². The molecule has 0 amide bonds. The first-order valence-electron chi connectivity index (χ1n) is 6.14. The number of Topliss-reactive ketones (excluding diaryl/α,β-unsaturated/α-hetero) is 1. The molecule has 0 fully saturated rings. The Morgan fingerprint density at radius 1 is 1.50 bits per heavy atom. The average molecular weight is 314 g/mol. The molecule has 0 aromatic heterocycles. The van der Waals surface area contributed by atoms with Crippen molar-refractivity contribution in [3.63, 3.8) is 0 Å². The zero-order chi connectivity index (χ0) is 13.5. The number of ketones is 1. The molecule has 0 aliphatic carbocycles. The minimum Gasteiger partial charge on any atom is -0.496 e. The molecule has 0 aliphatic rings. The van der Waals surface area contributed by atoms with Gasteiger partial charge in [-0.15, -0.1) is 0 Å². The van der Waals surface area contributed by atoms with E-state index in [4.69, 9.17) is 4.74 Å². The van der Waals surface area contributed by atoms with Crippen molar-refractivity contribution in [3.05, 3.63) is 28.2 Å². The third-order valence-electron chi connectivity index (χ3n) is 2.88. The van der Waals surface area contributed by atoms with Gasteiger partial charge in [0.2, 0.25) is 0 Å². The van der Waals surface area contributed by atoms with Crippen molar-refractivity contribution in [2.45, 2.75) is 32.7 Å². The molecule has 0 aliphatic heterocycles. The highest BCUT2D eigenvalue weighted by Crippen LogP contribution is 2.25. The van der Waals surface area contributed by atoms with Crippen LogP contribution in [0.2, 0.25) is 0 Å². The summed E-state index contributed by atoms with van der Waals surface area (Å²) in [4.78, 5) is 11.8. The number of hydrogen-bond acceptors (Lipinski definition) is 3. The molecular formula is C14H20BrNO2. The normalized spacial score (nSPS) is 12.2. The zero-order valence-electron chi connectivity index (χ0n) is 11.1. The van der Waals surface area contributed by atoms with Crippen molar-refractivity contribution in [2.75, 3.05) is 13.7 Å². The molecule has 100 valence electrons. The van der Waals surface area contributed by atoms with Crippen LogP contribution in [0.15, 0.2) is 22.7 Å². The first-order valence-corrected chi connectivity index (χ1v) is 6.93.